The van der Waals surface area contributed by atoms with Gasteiger partial charge in [-0.1, -0.05) is 164 Å². The molecule has 0 aliphatic carbocycles. The van der Waals surface area contributed by atoms with Crippen molar-refractivity contribution in [1.82, 2.24) is 0 Å². The summed E-state index contributed by atoms with van der Waals surface area (Å²) in [5.41, 5.74) is 44.4. The molecular formula is C68H48N6. The second-order valence-corrected chi connectivity index (χ2v) is 19.5. The molecule has 0 saturated heterocycles. The van der Waals surface area contributed by atoms with E-state index in [0.717, 1.165) is 133 Å². The van der Waals surface area contributed by atoms with Crippen LogP contribution >= 0.6 is 0 Å². The van der Waals surface area contributed by atoms with E-state index in [2.05, 4.69) is 199 Å². The average molecular weight is 949 g/mol. The molecule has 13 aromatic carbocycles. The normalized spacial score (nSPS) is 12.3. The predicted octanol–water partition coefficient (Wildman–Crippen LogP) is 17.1. The molecular weight excluding hydrogens is 901 g/mol. The molecule has 0 unspecified atom stereocenters. The van der Waals surface area contributed by atoms with Crippen LogP contribution in [0.4, 0.5) is 34.1 Å². The van der Waals surface area contributed by atoms with Crippen LogP contribution in [0, 0.1) is 0 Å². The number of nitrogens with one attached hydrogen (secondary N) is 1. The third kappa shape index (κ3) is 6.91. The molecule has 0 atom stereocenters. The standard InChI is InChI=1S/C68H48N6/c69-63-54-19-4-1-16-51(54)60-36-45(22-25-56(60)65(63)71)39-10-7-13-42(30-39)48-33-49(43-14-8-11-40(31-43)46-23-26-57-61(37-46)52-17-2-5-20-55(52)64(70)66(57)72)35-50(34-48)44-15-9-12-41(32-44)47-24-27-59-62(38-47)53-18-3-6-21-58(53)67-68(59)74-29-28-73-67/h1-27,29-38,73H,28,69-72H2. The van der Waals surface area contributed by atoms with Crippen LogP contribution in [-0.2, 0) is 0 Å². The lowest BCUT2D eigenvalue weighted by atomic mass is 9.89. The number of benzene rings is 13. The summed E-state index contributed by atoms with van der Waals surface area (Å²) in [6.45, 7) is 0.718. The first-order valence-corrected chi connectivity index (χ1v) is 25.0. The Labute approximate surface area is 427 Å². The molecule has 350 valence electrons. The van der Waals surface area contributed by atoms with Gasteiger partial charge in [0.2, 0.25) is 0 Å². The number of anilines is 5. The highest BCUT2D eigenvalue weighted by Gasteiger charge is 2.18. The van der Waals surface area contributed by atoms with Crippen molar-refractivity contribution >= 4 is 105 Å². The number of hydrogen-bond acceptors (Lipinski definition) is 6. The van der Waals surface area contributed by atoms with E-state index in [9.17, 15) is 0 Å². The Morgan fingerprint density at radius 3 is 0.973 bits per heavy atom. The fraction of sp³-hybridized carbons (Fsp3) is 0.0147. The molecule has 1 heterocycles. The van der Waals surface area contributed by atoms with E-state index >= 15 is 0 Å². The van der Waals surface area contributed by atoms with Crippen LogP contribution in [-0.4, -0.2) is 12.8 Å². The van der Waals surface area contributed by atoms with E-state index in [1.165, 1.54) is 16.2 Å². The Morgan fingerprint density at radius 1 is 0.257 bits per heavy atom. The second kappa shape index (κ2) is 16.9. The minimum absolute atomic E-state index is 0.611. The highest BCUT2D eigenvalue weighted by atomic mass is 15.0. The van der Waals surface area contributed by atoms with Crippen molar-refractivity contribution in [3.63, 3.8) is 0 Å². The molecule has 1 aliphatic heterocycles. The molecule has 0 fully saturated rings. The van der Waals surface area contributed by atoms with Gasteiger partial charge < -0.3 is 28.3 Å². The monoisotopic (exact) mass is 948 g/mol. The fourth-order valence-corrected chi connectivity index (χ4v) is 11.6. The second-order valence-electron chi connectivity index (χ2n) is 19.5. The summed E-state index contributed by atoms with van der Waals surface area (Å²) in [6, 6.07) is 78.6. The molecule has 0 spiro atoms. The van der Waals surface area contributed by atoms with Crippen LogP contribution in [0.25, 0.3) is 131 Å². The first-order chi connectivity index (χ1) is 36.3. The van der Waals surface area contributed by atoms with Gasteiger partial charge in [0.1, 0.15) is 0 Å². The van der Waals surface area contributed by atoms with E-state index in [1.807, 2.05) is 30.5 Å². The smallest absolute Gasteiger partial charge is 0.0942 e. The summed E-state index contributed by atoms with van der Waals surface area (Å²) in [4.78, 5) is 4.89. The van der Waals surface area contributed by atoms with E-state index in [4.69, 9.17) is 27.9 Å². The molecule has 14 rings (SSSR count). The van der Waals surface area contributed by atoms with Gasteiger partial charge in [0, 0.05) is 38.5 Å². The Hall–Kier alpha value is -9.91. The Kier molecular flexibility index (Phi) is 9.78. The first kappa shape index (κ1) is 42.9. The van der Waals surface area contributed by atoms with E-state index in [-0.39, 0.29) is 0 Å². The van der Waals surface area contributed by atoms with Gasteiger partial charge in [0.25, 0.3) is 0 Å². The van der Waals surface area contributed by atoms with Gasteiger partial charge in [-0.25, -0.2) is 0 Å². The molecule has 0 aromatic heterocycles. The maximum Gasteiger partial charge on any atom is 0.0942 e. The summed E-state index contributed by atoms with van der Waals surface area (Å²) in [5.74, 6) is 0. The van der Waals surface area contributed by atoms with Crippen molar-refractivity contribution in [2.75, 3.05) is 34.8 Å². The SMILES string of the molecule is Nc1c(N)c2ccc(-c3cccc(-c4cc(-c5cccc(-c6ccc7c(N)c(N)c8ccccc8c7c6)c5)cc(-c5cccc(-c6ccc7c8c(c9ccccc9c7c6)NCC=N8)c5)c4)c3)cc2c2ccccc12. The van der Waals surface area contributed by atoms with Crippen LogP contribution in [0.3, 0.4) is 0 Å². The number of fused-ring (bicyclic) bond motifs is 12. The van der Waals surface area contributed by atoms with Gasteiger partial charge in [-0.05, 0) is 154 Å². The van der Waals surface area contributed by atoms with Gasteiger partial charge in [-0.15, -0.1) is 0 Å². The van der Waals surface area contributed by atoms with Crippen molar-refractivity contribution in [3.05, 3.63) is 218 Å². The molecule has 6 heteroatoms. The predicted molar refractivity (Wildman–Crippen MR) is 318 cm³/mol. The van der Waals surface area contributed by atoms with Crippen molar-refractivity contribution < 1.29 is 0 Å². The van der Waals surface area contributed by atoms with Crippen LogP contribution in [0.2, 0.25) is 0 Å². The van der Waals surface area contributed by atoms with Crippen LogP contribution in [0.15, 0.2) is 223 Å². The number of nitrogen functional groups attached to an aromatic ring is 4. The van der Waals surface area contributed by atoms with E-state index < -0.39 is 0 Å². The van der Waals surface area contributed by atoms with Gasteiger partial charge in [-0.2, -0.15) is 0 Å². The number of hydrogen-bond donors (Lipinski definition) is 5. The highest BCUT2D eigenvalue weighted by molar-refractivity contribution is 6.23. The minimum atomic E-state index is 0.611. The van der Waals surface area contributed by atoms with Crippen molar-refractivity contribution in [2.45, 2.75) is 0 Å². The zero-order chi connectivity index (χ0) is 49.6. The summed E-state index contributed by atoms with van der Waals surface area (Å²) in [7, 11) is 0. The largest absolute Gasteiger partial charge is 0.397 e. The Bertz CT molecular complexity index is 4360. The minimum Gasteiger partial charge on any atom is -0.397 e. The van der Waals surface area contributed by atoms with Crippen molar-refractivity contribution in [3.8, 4) is 66.8 Å². The molecule has 0 saturated carbocycles. The van der Waals surface area contributed by atoms with E-state index in [1.54, 1.807) is 0 Å². The molecule has 0 bridgehead atoms. The van der Waals surface area contributed by atoms with Crippen LogP contribution < -0.4 is 28.3 Å². The fourth-order valence-electron chi connectivity index (χ4n) is 11.6. The summed E-state index contributed by atoms with van der Waals surface area (Å²) in [6.07, 6.45) is 1.96. The molecule has 74 heavy (non-hydrogen) atoms. The van der Waals surface area contributed by atoms with Crippen LogP contribution in [0.5, 0.6) is 0 Å². The highest BCUT2D eigenvalue weighted by Crippen LogP contribution is 2.46. The van der Waals surface area contributed by atoms with Gasteiger partial charge >= 0.3 is 0 Å². The topological polar surface area (TPSA) is 128 Å². The molecule has 1 aliphatic rings. The molecule has 0 radical (unpaired) electrons. The van der Waals surface area contributed by atoms with E-state index in [0.29, 0.717) is 22.7 Å². The lowest BCUT2D eigenvalue weighted by Crippen LogP contribution is -2.07. The number of rotatable bonds is 6. The molecule has 9 N–H and O–H groups in total. The Balaban J connectivity index is 0.915. The van der Waals surface area contributed by atoms with Gasteiger partial charge in [-0.3, -0.25) is 4.99 Å². The van der Waals surface area contributed by atoms with Gasteiger partial charge in [0.05, 0.1) is 40.7 Å². The maximum atomic E-state index is 6.66. The van der Waals surface area contributed by atoms with Crippen molar-refractivity contribution in [1.29, 1.82) is 0 Å². The maximum absolute atomic E-state index is 6.66. The third-order valence-electron chi connectivity index (χ3n) is 15.3. The zero-order valence-corrected chi connectivity index (χ0v) is 40.3. The lowest BCUT2D eigenvalue weighted by Gasteiger charge is -2.19. The first-order valence-electron chi connectivity index (χ1n) is 25.0. The summed E-state index contributed by atoms with van der Waals surface area (Å²) in [5, 5.41) is 16.5. The number of nitrogens with two attached hydrogens (primary N) is 4. The summed E-state index contributed by atoms with van der Waals surface area (Å²) >= 11 is 0. The van der Waals surface area contributed by atoms with Gasteiger partial charge in [0.15, 0.2) is 0 Å². The number of nitrogens with zero attached hydrogens (tertiary/aromatic N) is 1. The molecule has 13 aromatic rings. The third-order valence-corrected chi connectivity index (χ3v) is 15.3. The average Bonchev–Trinajstić information content (AvgIpc) is 3.50. The van der Waals surface area contributed by atoms with Crippen LogP contribution in [0.1, 0.15) is 0 Å². The Morgan fingerprint density at radius 2 is 0.554 bits per heavy atom. The molecule has 6 nitrogen and oxygen atoms in total. The summed E-state index contributed by atoms with van der Waals surface area (Å²) < 4.78 is 0. The molecule has 0 amide bonds. The van der Waals surface area contributed by atoms with Crippen molar-refractivity contribution in [2.24, 2.45) is 4.99 Å². The quantitative estimate of drug-likeness (QED) is 0.0644. The lowest BCUT2D eigenvalue weighted by molar-refractivity contribution is 1.36. The zero-order valence-electron chi connectivity index (χ0n) is 40.3. The number of aliphatic imine (C=N–C) groups is 1.